The third kappa shape index (κ3) is 6.25. The van der Waals surface area contributed by atoms with Crippen LogP contribution in [0.3, 0.4) is 0 Å². The molecule has 6 nitrogen and oxygen atoms in total. The van der Waals surface area contributed by atoms with Crippen LogP contribution < -0.4 is 5.32 Å². The van der Waals surface area contributed by atoms with E-state index in [9.17, 15) is 26.4 Å². The number of carbonyl (C=O) groups excluding carboxylic acids is 1. The van der Waals surface area contributed by atoms with Gasteiger partial charge in [0.1, 0.15) is 0 Å². The van der Waals surface area contributed by atoms with Crippen molar-refractivity contribution in [2.24, 2.45) is 0 Å². The molecule has 2 atom stereocenters. The summed E-state index contributed by atoms with van der Waals surface area (Å²) in [7, 11) is -3.85. The number of carbonyl (C=O) groups is 1. The fourth-order valence-corrected chi connectivity index (χ4v) is 5.73. The number of nitrogens with one attached hydrogen (secondary N) is 1. The number of ether oxygens (including phenoxy) is 1. The number of halogens is 3. The normalized spacial score (nSPS) is 20.2. The van der Waals surface area contributed by atoms with Gasteiger partial charge in [-0.3, -0.25) is 4.79 Å². The molecule has 1 aliphatic heterocycles. The minimum Gasteiger partial charge on any atom is -0.373 e. The summed E-state index contributed by atoms with van der Waals surface area (Å²) in [6, 6.07) is 11.7. The Morgan fingerprint density at radius 1 is 1.12 bits per heavy atom. The Hall–Kier alpha value is -2.08. The molecular formula is C21H23F3N2O4S2. The Morgan fingerprint density at radius 2 is 1.78 bits per heavy atom. The van der Waals surface area contributed by atoms with Crippen molar-refractivity contribution in [2.75, 3.05) is 24.2 Å². The molecule has 1 aliphatic rings. The number of sulfonamides is 1. The molecule has 0 radical (unpaired) electrons. The largest absolute Gasteiger partial charge is 0.398 e. The zero-order chi connectivity index (χ0) is 23.5. The highest BCUT2D eigenvalue weighted by atomic mass is 32.2. The quantitative estimate of drug-likeness (QED) is 0.611. The number of anilines is 1. The smallest absolute Gasteiger partial charge is 0.373 e. The molecule has 2 aromatic carbocycles. The first-order chi connectivity index (χ1) is 15.0. The molecule has 0 spiro atoms. The molecule has 3 rings (SSSR count). The average molecular weight is 489 g/mol. The van der Waals surface area contributed by atoms with Crippen molar-refractivity contribution in [1.82, 2.24) is 4.31 Å². The molecular weight excluding hydrogens is 465 g/mol. The number of para-hydroxylation sites is 1. The predicted molar refractivity (Wildman–Crippen MR) is 116 cm³/mol. The number of nitrogens with zero attached hydrogens (tertiary/aromatic N) is 1. The van der Waals surface area contributed by atoms with Gasteiger partial charge in [0.15, 0.2) is 0 Å². The third-order valence-corrected chi connectivity index (χ3v) is 7.61. The third-order valence-electron chi connectivity index (χ3n) is 4.65. The summed E-state index contributed by atoms with van der Waals surface area (Å²) in [5.74, 6) is -1.71. The molecule has 1 saturated heterocycles. The number of hydrogen-bond donors (Lipinski definition) is 1. The lowest BCUT2D eigenvalue weighted by molar-refractivity contribution is -0.105. The van der Waals surface area contributed by atoms with Crippen LogP contribution in [0.5, 0.6) is 0 Å². The number of morpholine rings is 1. The lowest BCUT2D eigenvalue weighted by Crippen LogP contribution is -2.48. The number of rotatable bonds is 6. The lowest BCUT2D eigenvalue weighted by Gasteiger charge is -2.34. The Kier molecular flexibility index (Phi) is 7.53. The molecule has 0 saturated carbocycles. The Morgan fingerprint density at radius 3 is 2.44 bits per heavy atom. The van der Waals surface area contributed by atoms with Gasteiger partial charge in [0.05, 0.1) is 28.5 Å². The number of amides is 1. The summed E-state index contributed by atoms with van der Waals surface area (Å²) in [5.41, 5.74) is 0.298. The second-order valence-electron chi connectivity index (χ2n) is 7.46. The second-order valence-corrected chi connectivity index (χ2v) is 10.4. The highest BCUT2D eigenvalue weighted by molar-refractivity contribution is 7.99. The van der Waals surface area contributed by atoms with Crippen LogP contribution in [0.2, 0.25) is 0 Å². The SMILES string of the molecule is CC1CN(S(=O)(=O)c2cccc(C(=O)Nc3ccccc3SCC(F)(F)F)c2)CC(C)O1. The van der Waals surface area contributed by atoms with Crippen LogP contribution in [0.4, 0.5) is 18.9 Å². The predicted octanol–water partition coefficient (Wildman–Crippen LogP) is 4.39. The molecule has 1 N–H and O–H groups in total. The summed E-state index contributed by atoms with van der Waals surface area (Å²) in [5, 5.41) is 2.58. The molecule has 0 aliphatic carbocycles. The van der Waals surface area contributed by atoms with Crippen molar-refractivity contribution in [1.29, 1.82) is 0 Å². The monoisotopic (exact) mass is 488 g/mol. The van der Waals surface area contributed by atoms with Crippen LogP contribution in [0.1, 0.15) is 24.2 Å². The van der Waals surface area contributed by atoms with Gasteiger partial charge in [-0.05, 0) is 44.2 Å². The Labute approximate surface area is 189 Å². The number of benzene rings is 2. The van der Waals surface area contributed by atoms with E-state index in [1.807, 2.05) is 0 Å². The van der Waals surface area contributed by atoms with E-state index in [1.165, 1.54) is 40.7 Å². The van der Waals surface area contributed by atoms with Gasteiger partial charge in [-0.2, -0.15) is 17.5 Å². The zero-order valence-corrected chi connectivity index (χ0v) is 19.1. The van der Waals surface area contributed by atoms with Crippen LogP contribution in [-0.4, -0.2) is 55.9 Å². The van der Waals surface area contributed by atoms with Gasteiger partial charge in [0.25, 0.3) is 5.91 Å². The lowest BCUT2D eigenvalue weighted by atomic mass is 10.2. The summed E-state index contributed by atoms with van der Waals surface area (Å²) in [6.07, 6.45) is -4.87. The van der Waals surface area contributed by atoms with Crippen molar-refractivity contribution >= 4 is 33.4 Å². The number of alkyl halides is 3. The van der Waals surface area contributed by atoms with Gasteiger partial charge in [-0.1, -0.05) is 18.2 Å². The van der Waals surface area contributed by atoms with Crippen LogP contribution >= 0.6 is 11.8 Å². The Bertz CT molecular complexity index is 1070. The van der Waals surface area contributed by atoms with Gasteiger partial charge in [-0.25, -0.2) is 8.42 Å². The summed E-state index contributed by atoms with van der Waals surface area (Å²) in [4.78, 5) is 13.0. The van der Waals surface area contributed by atoms with E-state index in [2.05, 4.69) is 5.32 Å². The standard InChI is InChI=1S/C21H23F3N2O4S2/c1-14-11-26(12-15(2)30-14)32(28,29)17-7-5-6-16(10-17)20(27)25-18-8-3-4-9-19(18)31-13-21(22,23)24/h3-10,14-15H,11-13H2,1-2H3,(H,25,27). The summed E-state index contributed by atoms with van der Waals surface area (Å²) >= 11 is 0.564. The zero-order valence-electron chi connectivity index (χ0n) is 17.4. The maximum Gasteiger partial charge on any atom is 0.398 e. The van der Waals surface area contributed by atoms with Crippen molar-refractivity contribution < 1.29 is 31.1 Å². The molecule has 0 aromatic heterocycles. The molecule has 2 aromatic rings. The topological polar surface area (TPSA) is 75.7 Å². The van der Waals surface area contributed by atoms with Gasteiger partial charge in [0, 0.05) is 23.5 Å². The molecule has 1 fully saturated rings. The molecule has 32 heavy (non-hydrogen) atoms. The molecule has 2 unspecified atom stereocenters. The fraction of sp³-hybridized carbons (Fsp3) is 0.381. The molecule has 1 amide bonds. The maximum atomic E-state index is 13.1. The van der Waals surface area contributed by atoms with E-state index < -0.39 is 27.9 Å². The fourth-order valence-electron chi connectivity index (χ4n) is 3.32. The van der Waals surface area contributed by atoms with Crippen molar-refractivity contribution in [3.05, 3.63) is 54.1 Å². The first-order valence-electron chi connectivity index (χ1n) is 9.81. The van der Waals surface area contributed by atoms with Gasteiger partial charge < -0.3 is 10.1 Å². The summed E-state index contributed by atoms with van der Waals surface area (Å²) < 4.78 is 70.8. The number of hydrogen-bond acceptors (Lipinski definition) is 5. The van der Waals surface area contributed by atoms with Crippen molar-refractivity contribution in [3.8, 4) is 0 Å². The highest BCUT2D eigenvalue weighted by Gasteiger charge is 2.32. The molecule has 11 heteroatoms. The van der Waals surface area contributed by atoms with Crippen LogP contribution in [-0.2, 0) is 14.8 Å². The van der Waals surface area contributed by atoms with Gasteiger partial charge in [0.2, 0.25) is 10.0 Å². The second kappa shape index (κ2) is 9.82. The van der Waals surface area contributed by atoms with E-state index in [-0.39, 0.29) is 46.3 Å². The van der Waals surface area contributed by atoms with E-state index in [4.69, 9.17) is 4.74 Å². The van der Waals surface area contributed by atoms with Crippen LogP contribution in [0.25, 0.3) is 0 Å². The Balaban J connectivity index is 1.79. The molecule has 174 valence electrons. The van der Waals surface area contributed by atoms with E-state index in [0.29, 0.717) is 11.8 Å². The van der Waals surface area contributed by atoms with E-state index in [1.54, 1.807) is 26.0 Å². The minimum atomic E-state index is -4.35. The van der Waals surface area contributed by atoms with Crippen LogP contribution in [0.15, 0.2) is 58.3 Å². The average Bonchev–Trinajstić information content (AvgIpc) is 2.72. The van der Waals surface area contributed by atoms with E-state index >= 15 is 0 Å². The molecule has 0 bridgehead atoms. The number of thioether (sulfide) groups is 1. The first kappa shape index (κ1) is 24.6. The maximum absolute atomic E-state index is 13.1. The van der Waals surface area contributed by atoms with Crippen molar-refractivity contribution in [2.45, 2.75) is 42.0 Å². The summed E-state index contributed by atoms with van der Waals surface area (Å²) in [6.45, 7) is 3.98. The first-order valence-corrected chi connectivity index (χ1v) is 12.2. The van der Waals surface area contributed by atoms with Crippen molar-refractivity contribution in [3.63, 3.8) is 0 Å². The van der Waals surface area contributed by atoms with Gasteiger partial charge >= 0.3 is 6.18 Å². The van der Waals surface area contributed by atoms with Gasteiger partial charge in [-0.15, -0.1) is 11.8 Å². The van der Waals surface area contributed by atoms with Crippen LogP contribution in [0, 0.1) is 0 Å². The highest BCUT2D eigenvalue weighted by Crippen LogP contribution is 2.32. The van der Waals surface area contributed by atoms with E-state index in [0.717, 1.165) is 0 Å². The molecule has 1 heterocycles. The minimum absolute atomic E-state index is 0.0359.